The molecular weight excluding hydrogens is 294 g/mol. The number of nitrogens with one attached hydrogen (secondary N) is 1. The van der Waals surface area contributed by atoms with E-state index in [0.29, 0.717) is 5.92 Å². The van der Waals surface area contributed by atoms with Crippen LogP contribution >= 0.6 is 0 Å². The molecule has 1 heterocycles. The fourth-order valence-corrected chi connectivity index (χ4v) is 2.87. The van der Waals surface area contributed by atoms with Crippen LogP contribution in [0.2, 0.25) is 0 Å². The summed E-state index contributed by atoms with van der Waals surface area (Å²) in [6.07, 6.45) is 1.22. The SMILES string of the molecule is CC.CC.c1ccc(C[C@H]2OCCNC[C@H]2c2ccccc2)cc1. The molecule has 0 unspecified atom stereocenters. The third-order valence-corrected chi connectivity index (χ3v) is 3.93. The maximum atomic E-state index is 6.11. The van der Waals surface area contributed by atoms with Gasteiger partial charge < -0.3 is 10.1 Å². The molecule has 1 aliphatic heterocycles. The quantitative estimate of drug-likeness (QED) is 0.851. The molecule has 0 spiro atoms. The van der Waals surface area contributed by atoms with Crippen molar-refractivity contribution in [2.45, 2.75) is 46.1 Å². The summed E-state index contributed by atoms with van der Waals surface area (Å²) in [5.41, 5.74) is 2.71. The zero-order chi connectivity index (χ0) is 17.6. The van der Waals surface area contributed by atoms with Gasteiger partial charge in [-0.1, -0.05) is 88.4 Å². The van der Waals surface area contributed by atoms with Gasteiger partial charge in [0, 0.05) is 19.0 Å². The molecule has 1 saturated heterocycles. The Balaban J connectivity index is 0.000000671. The first-order valence-corrected chi connectivity index (χ1v) is 9.34. The summed E-state index contributed by atoms with van der Waals surface area (Å²) in [5.74, 6) is 0.416. The fourth-order valence-electron chi connectivity index (χ4n) is 2.87. The summed E-state index contributed by atoms with van der Waals surface area (Å²) in [7, 11) is 0. The molecule has 0 aromatic heterocycles. The second-order valence-electron chi connectivity index (χ2n) is 5.32. The minimum Gasteiger partial charge on any atom is -0.376 e. The lowest BCUT2D eigenvalue weighted by Gasteiger charge is -2.25. The van der Waals surface area contributed by atoms with E-state index in [9.17, 15) is 0 Å². The Hall–Kier alpha value is -1.64. The molecule has 2 atom stereocenters. The smallest absolute Gasteiger partial charge is 0.0696 e. The first-order valence-electron chi connectivity index (χ1n) is 9.34. The van der Waals surface area contributed by atoms with Crippen LogP contribution in [-0.4, -0.2) is 25.8 Å². The van der Waals surface area contributed by atoms with Crippen molar-refractivity contribution < 1.29 is 4.74 Å². The molecule has 2 heteroatoms. The van der Waals surface area contributed by atoms with Crippen LogP contribution in [0.1, 0.15) is 44.7 Å². The van der Waals surface area contributed by atoms with Crippen molar-refractivity contribution in [2.24, 2.45) is 0 Å². The topological polar surface area (TPSA) is 21.3 Å². The van der Waals surface area contributed by atoms with E-state index in [4.69, 9.17) is 4.74 Å². The van der Waals surface area contributed by atoms with Gasteiger partial charge in [0.15, 0.2) is 0 Å². The molecule has 24 heavy (non-hydrogen) atoms. The van der Waals surface area contributed by atoms with Crippen molar-refractivity contribution in [2.75, 3.05) is 19.7 Å². The van der Waals surface area contributed by atoms with Gasteiger partial charge in [-0.05, 0) is 17.5 Å². The molecule has 0 amide bonds. The van der Waals surface area contributed by atoms with Crippen LogP contribution in [0.25, 0.3) is 0 Å². The molecule has 1 fully saturated rings. The first-order chi connectivity index (χ1) is 11.9. The van der Waals surface area contributed by atoms with Crippen molar-refractivity contribution in [3.05, 3.63) is 71.8 Å². The maximum absolute atomic E-state index is 6.11. The highest BCUT2D eigenvalue weighted by Crippen LogP contribution is 2.25. The molecular formula is C22H33NO. The Morgan fingerprint density at radius 3 is 2.08 bits per heavy atom. The Morgan fingerprint density at radius 2 is 1.46 bits per heavy atom. The Labute approximate surface area is 148 Å². The molecule has 0 radical (unpaired) electrons. The predicted octanol–water partition coefficient (Wildman–Crippen LogP) is 5.05. The Bertz CT molecular complexity index is 512. The molecule has 2 aromatic carbocycles. The normalized spacial score (nSPS) is 19.8. The maximum Gasteiger partial charge on any atom is 0.0696 e. The van der Waals surface area contributed by atoms with Crippen LogP contribution in [-0.2, 0) is 11.2 Å². The molecule has 0 aliphatic carbocycles. The Kier molecular flexibility index (Phi) is 10.8. The second kappa shape index (κ2) is 12.7. The van der Waals surface area contributed by atoms with E-state index < -0.39 is 0 Å². The zero-order valence-electron chi connectivity index (χ0n) is 15.7. The summed E-state index contributed by atoms with van der Waals surface area (Å²) in [4.78, 5) is 0. The highest BCUT2D eigenvalue weighted by Gasteiger charge is 2.25. The van der Waals surface area contributed by atoms with Gasteiger partial charge in [-0.3, -0.25) is 0 Å². The van der Waals surface area contributed by atoms with Crippen molar-refractivity contribution >= 4 is 0 Å². The lowest BCUT2D eigenvalue weighted by Crippen LogP contribution is -2.28. The van der Waals surface area contributed by atoms with Crippen LogP contribution in [0.5, 0.6) is 0 Å². The van der Waals surface area contributed by atoms with Gasteiger partial charge in [0.05, 0.1) is 12.7 Å². The summed E-state index contributed by atoms with van der Waals surface area (Å²) in [6.45, 7) is 10.7. The van der Waals surface area contributed by atoms with E-state index in [1.165, 1.54) is 11.1 Å². The van der Waals surface area contributed by atoms with Crippen LogP contribution in [0.15, 0.2) is 60.7 Å². The van der Waals surface area contributed by atoms with Gasteiger partial charge in [0.25, 0.3) is 0 Å². The number of ether oxygens (including phenoxy) is 1. The van der Waals surface area contributed by atoms with Gasteiger partial charge in [0.1, 0.15) is 0 Å². The average molecular weight is 328 g/mol. The van der Waals surface area contributed by atoms with Crippen LogP contribution < -0.4 is 5.32 Å². The highest BCUT2D eigenvalue weighted by atomic mass is 16.5. The summed E-state index contributed by atoms with van der Waals surface area (Å²) < 4.78 is 6.11. The molecule has 1 aliphatic rings. The molecule has 2 nitrogen and oxygen atoms in total. The summed E-state index contributed by atoms with van der Waals surface area (Å²) in [6, 6.07) is 21.3. The van der Waals surface area contributed by atoms with Crippen molar-refractivity contribution in [3.8, 4) is 0 Å². The largest absolute Gasteiger partial charge is 0.376 e. The van der Waals surface area contributed by atoms with Gasteiger partial charge >= 0.3 is 0 Å². The third-order valence-electron chi connectivity index (χ3n) is 3.93. The van der Waals surface area contributed by atoms with Crippen LogP contribution in [0.3, 0.4) is 0 Å². The number of benzene rings is 2. The standard InChI is InChI=1S/C18H21NO.2C2H6/c1-3-7-15(8-4-1)13-18-17(14-19-11-12-20-18)16-9-5-2-6-10-16;2*1-2/h1-10,17-19H,11-14H2;2*1-2H3/t17-,18+;;/m0../s1. The Morgan fingerprint density at radius 1 is 0.875 bits per heavy atom. The molecule has 3 rings (SSSR count). The minimum atomic E-state index is 0.245. The molecule has 2 aromatic rings. The lowest BCUT2D eigenvalue weighted by atomic mass is 9.89. The average Bonchev–Trinajstić information content (AvgIpc) is 2.92. The van der Waals surface area contributed by atoms with E-state index in [-0.39, 0.29) is 6.10 Å². The summed E-state index contributed by atoms with van der Waals surface area (Å²) in [5, 5.41) is 3.49. The molecule has 0 saturated carbocycles. The molecule has 0 bridgehead atoms. The second-order valence-corrected chi connectivity index (χ2v) is 5.32. The predicted molar refractivity (Wildman–Crippen MR) is 105 cm³/mol. The fraction of sp³-hybridized carbons (Fsp3) is 0.455. The zero-order valence-corrected chi connectivity index (χ0v) is 15.7. The minimum absolute atomic E-state index is 0.245. The number of hydrogen-bond donors (Lipinski definition) is 1. The van der Waals surface area contributed by atoms with E-state index in [2.05, 4.69) is 66.0 Å². The highest BCUT2D eigenvalue weighted by molar-refractivity contribution is 5.24. The monoisotopic (exact) mass is 327 g/mol. The van der Waals surface area contributed by atoms with Gasteiger partial charge in [-0.25, -0.2) is 0 Å². The number of hydrogen-bond acceptors (Lipinski definition) is 2. The van der Waals surface area contributed by atoms with Gasteiger partial charge in [0.2, 0.25) is 0 Å². The lowest BCUT2D eigenvalue weighted by molar-refractivity contribution is 0.0526. The number of rotatable bonds is 3. The van der Waals surface area contributed by atoms with Crippen molar-refractivity contribution in [1.82, 2.24) is 5.32 Å². The van der Waals surface area contributed by atoms with Crippen molar-refractivity contribution in [1.29, 1.82) is 0 Å². The van der Waals surface area contributed by atoms with E-state index >= 15 is 0 Å². The van der Waals surface area contributed by atoms with Crippen LogP contribution in [0.4, 0.5) is 0 Å². The van der Waals surface area contributed by atoms with E-state index in [1.807, 2.05) is 27.7 Å². The van der Waals surface area contributed by atoms with Gasteiger partial charge in [-0.15, -0.1) is 0 Å². The van der Waals surface area contributed by atoms with E-state index in [0.717, 1.165) is 26.1 Å². The van der Waals surface area contributed by atoms with Crippen molar-refractivity contribution in [3.63, 3.8) is 0 Å². The first kappa shape index (κ1) is 20.4. The summed E-state index contributed by atoms with van der Waals surface area (Å²) >= 11 is 0. The van der Waals surface area contributed by atoms with Crippen LogP contribution in [0, 0.1) is 0 Å². The van der Waals surface area contributed by atoms with E-state index in [1.54, 1.807) is 0 Å². The van der Waals surface area contributed by atoms with Gasteiger partial charge in [-0.2, -0.15) is 0 Å². The molecule has 1 N–H and O–H groups in total. The third kappa shape index (κ3) is 6.46. The molecule has 132 valence electrons.